The van der Waals surface area contributed by atoms with Crippen molar-refractivity contribution in [2.75, 3.05) is 24.9 Å². The minimum absolute atomic E-state index is 0.0677. The molecule has 0 aromatic heterocycles. The Morgan fingerprint density at radius 3 is 1.24 bits per heavy atom. The first-order valence-corrected chi connectivity index (χ1v) is 18.8. The van der Waals surface area contributed by atoms with E-state index < -0.39 is 20.7 Å². The molecule has 2 aliphatic rings. The van der Waals surface area contributed by atoms with Gasteiger partial charge in [-0.25, -0.2) is 0 Å². The van der Waals surface area contributed by atoms with Crippen LogP contribution in [0, 0.1) is 20.2 Å². The molecule has 4 N–H and O–H groups in total. The number of hydrogen-bond acceptors (Lipinski definition) is 10. The maximum absolute atomic E-state index is 11.0. The molecule has 0 fully saturated rings. The number of hydrogen-bond donors (Lipinski definition) is 4. The molecule has 12 heteroatoms. The summed E-state index contributed by atoms with van der Waals surface area (Å²) in [4.78, 5) is 21.2. The van der Waals surface area contributed by atoms with Crippen molar-refractivity contribution >= 4 is 22.7 Å². The second-order valence-electron chi connectivity index (χ2n) is 15.0. The van der Waals surface area contributed by atoms with Crippen LogP contribution in [0.4, 0.5) is 22.7 Å². The molecule has 0 bridgehead atoms. The summed E-state index contributed by atoms with van der Waals surface area (Å²) in [6.45, 7) is 4.22. The lowest BCUT2D eigenvalue weighted by Crippen LogP contribution is -2.34. The lowest BCUT2D eigenvalue weighted by atomic mass is 9.68. The number of methoxy groups -OCH3 is 2. The standard InChI is InChI=1S/2C23H22N2O4/c2*1-23(18-5-3-4-6-22(18)26)14-21(15-7-9-16(10-8-15)25(27)28)24-20-12-11-17(29-2)13-19(20)23/h2*3-13,21,24,26H,14H2,1-2H3/t2*21-,23+/m10/s1. The van der Waals surface area contributed by atoms with Gasteiger partial charge in [0.15, 0.2) is 0 Å². The number of ether oxygens (including phenoxy) is 2. The zero-order chi connectivity index (χ0) is 41.2. The summed E-state index contributed by atoms with van der Waals surface area (Å²) in [7, 11) is 3.27. The van der Waals surface area contributed by atoms with E-state index in [2.05, 4.69) is 24.5 Å². The monoisotopic (exact) mass is 780 g/mol. The summed E-state index contributed by atoms with van der Waals surface area (Å²) in [5.41, 5.74) is 6.74. The van der Waals surface area contributed by atoms with Crippen LogP contribution in [0.1, 0.15) is 72.2 Å². The number of aromatic hydroxyl groups is 2. The van der Waals surface area contributed by atoms with Crippen LogP contribution in [0.3, 0.4) is 0 Å². The molecular weight excluding hydrogens is 737 g/mol. The Kier molecular flexibility index (Phi) is 10.7. The third-order valence-corrected chi connectivity index (χ3v) is 11.5. The number of anilines is 2. The van der Waals surface area contributed by atoms with Crippen LogP contribution < -0.4 is 20.1 Å². The molecule has 0 amide bonds. The number of nitro groups is 2. The minimum Gasteiger partial charge on any atom is -0.508 e. The molecule has 0 radical (unpaired) electrons. The number of nitrogens with one attached hydrogen (secondary N) is 2. The summed E-state index contributed by atoms with van der Waals surface area (Å²) in [6.07, 6.45) is 1.34. The van der Waals surface area contributed by atoms with E-state index in [-0.39, 0.29) is 35.0 Å². The number of para-hydroxylation sites is 2. The van der Waals surface area contributed by atoms with Crippen LogP contribution >= 0.6 is 0 Å². The topological polar surface area (TPSA) is 169 Å². The van der Waals surface area contributed by atoms with Gasteiger partial charge in [0.2, 0.25) is 0 Å². The minimum atomic E-state index is -0.479. The van der Waals surface area contributed by atoms with Crippen LogP contribution in [0.25, 0.3) is 0 Å². The third-order valence-electron chi connectivity index (χ3n) is 11.5. The molecule has 6 aromatic rings. The van der Waals surface area contributed by atoms with Crippen LogP contribution in [0.2, 0.25) is 0 Å². The van der Waals surface area contributed by atoms with E-state index in [0.29, 0.717) is 12.8 Å². The van der Waals surface area contributed by atoms with E-state index in [1.54, 1.807) is 50.6 Å². The number of fused-ring (bicyclic) bond motifs is 2. The second kappa shape index (κ2) is 15.8. The van der Waals surface area contributed by atoms with Crippen molar-refractivity contribution in [1.29, 1.82) is 0 Å². The van der Waals surface area contributed by atoms with Gasteiger partial charge in [-0.05, 0) is 83.6 Å². The van der Waals surface area contributed by atoms with Gasteiger partial charge in [-0.15, -0.1) is 0 Å². The van der Waals surface area contributed by atoms with Gasteiger partial charge >= 0.3 is 0 Å². The average molecular weight is 781 g/mol. The van der Waals surface area contributed by atoms with Crippen LogP contribution in [-0.4, -0.2) is 34.3 Å². The highest BCUT2D eigenvalue weighted by Gasteiger charge is 2.42. The second-order valence-corrected chi connectivity index (χ2v) is 15.0. The SMILES string of the molecule is COc1ccc2c(c1)[C@@](C)(c1ccccc1O)C[C@@H](c1ccc([N+](=O)[O-])cc1)N2.COc1ccc2c(c1)[C@](C)(c1ccccc1O)C[C@H](c1ccc([N+](=O)[O-])cc1)N2. The van der Waals surface area contributed by atoms with Crippen molar-refractivity contribution in [2.24, 2.45) is 0 Å². The molecule has 0 saturated heterocycles. The molecule has 0 unspecified atom stereocenters. The maximum Gasteiger partial charge on any atom is 0.269 e. The molecule has 296 valence electrons. The van der Waals surface area contributed by atoms with E-state index in [4.69, 9.17) is 9.47 Å². The molecular formula is C46H44N4O8. The molecule has 12 nitrogen and oxygen atoms in total. The van der Waals surface area contributed by atoms with Gasteiger partial charge in [0.05, 0.1) is 36.1 Å². The average Bonchev–Trinajstić information content (AvgIpc) is 3.24. The molecule has 0 spiro atoms. The van der Waals surface area contributed by atoms with E-state index in [1.165, 1.54) is 24.3 Å². The highest BCUT2D eigenvalue weighted by atomic mass is 16.6. The van der Waals surface area contributed by atoms with Crippen LogP contribution in [0.15, 0.2) is 133 Å². The number of nitro benzene ring substituents is 2. The van der Waals surface area contributed by atoms with Crippen LogP contribution in [0.5, 0.6) is 23.0 Å². The predicted molar refractivity (Wildman–Crippen MR) is 223 cm³/mol. The summed E-state index contributed by atoms with van der Waals surface area (Å²) >= 11 is 0. The Hall–Kier alpha value is -7.08. The molecule has 2 aliphatic heterocycles. The largest absolute Gasteiger partial charge is 0.508 e. The third kappa shape index (κ3) is 7.43. The van der Waals surface area contributed by atoms with Crippen molar-refractivity contribution in [1.82, 2.24) is 0 Å². The fraction of sp³-hybridized carbons (Fsp3) is 0.217. The van der Waals surface area contributed by atoms with Crippen molar-refractivity contribution in [3.63, 3.8) is 0 Å². The maximum atomic E-state index is 11.0. The van der Waals surface area contributed by atoms with Gasteiger partial charge < -0.3 is 30.3 Å². The van der Waals surface area contributed by atoms with Crippen molar-refractivity contribution in [3.8, 4) is 23.0 Å². The Morgan fingerprint density at radius 2 is 0.914 bits per heavy atom. The van der Waals surface area contributed by atoms with E-state index >= 15 is 0 Å². The molecule has 2 heterocycles. The Morgan fingerprint density at radius 1 is 0.552 bits per heavy atom. The van der Waals surface area contributed by atoms with Gasteiger partial charge in [-0.2, -0.15) is 0 Å². The summed E-state index contributed by atoms with van der Waals surface area (Å²) in [5.74, 6) is 1.99. The number of phenols is 2. The van der Waals surface area contributed by atoms with Crippen LogP contribution in [-0.2, 0) is 10.8 Å². The van der Waals surface area contributed by atoms with Gasteiger partial charge in [0, 0.05) is 57.6 Å². The first-order valence-electron chi connectivity index (χ1n) is 18.8. The lowest BCUT2D eigenvalue weighted by Gasteiger charge is -2.42. The fourth-order valence-corrected chi connectivity index (χ4v) is 8.43. The zero-order valence-corrected chi connectivity index (χ0v) is 32.5. The molecule has 8 rings (SSSR count). The molecule has 0 saturated carbocycles. The van der Waals surface area contributed by atoms with Crippen molar-refractivity contribution in [2.45, 2.75) is 49.6 Å². The number of benzene rings is 6. The molecule has 6 aromatic carbocycles. The summed E-state index contributed by atoms with van der Waals surface area (Å²) in [5, 5.41) is 50.3. The summed E-state index contributed by atoms with van der Waals surface area (Å²) in [6, 6.07) is 39.6. The number of phenolic OH excluding ortho intramolecular Hbond substituents is 2. The van der Waals surface area contributed by atoms with E-state index in [1.807, 2.05) is 72.8 Å². The number of rotatable bonds is 8. The first-order chi connectivity index (χ1) is 27.8. The fourth-order valence-electron chi connectivity index (χ4n) is 8.43. The Bertz CT molecular complexity index is 2300. The Labute approximate surface area is 336 Å². The van der Waals surface area contributed by atoms with Gasteiger partial charge in [0.25, 0.3) is 11.4 Å². The van der Waals surface area contributed by atoms with Gasteiger partial charge in [-0.3, -0.25) is 20.2 Å². The quantitative estimate of drug-likeness (QED) is 0.0861. The Balaban J connectivity index is 0.000000177. The van der Waals surface area contributed by atoms with Gasteiger partial charge in [0.1, 0.15) is 23.0 Å². The normalized spacial score (nSPS) is 20.4. The molecule has 0 aliphatic carbocycles. The van der Waals surface area contributed by atoms with E-state index in [0.717, 1.165) is 56.3 Å². The smallest absolute Gasteiger partial charge is 0.269 e. The number of non-ortho nitro benzene ring substituents is 2. The lowest BCUT2D eigenvalue weighted by molar-refractivity contribution is -0.385. The molecule has 4 atom stereocenters. The highest BCUT2D eigenvalue weighted by molar-refractivity contribution is 5.67. The van der Waals surface area contributed by atoms with Crippen molar-refractivity contribution < 1.29 is 29.5 Å². The summed E-state index contributed by atoms with van der Waals surface area (Å²) < 4.78 is 10.9. The highest BCUT2D eigenvalue weighted by Crippen LogP contribution is 2.52. The number of nitrogens with zero attached hydrogens (tertiary/aromatic N) is 2. The zero-order valence-electron chi connectivity index (χ0n) is 32.5. The van der Waals surface area contributed by atoms with Crippen molar-refractivity contribution in [3.05, 3.63) is 187 Å². The van der Waals surface area contributed by atoms with E-state index in [9.17, 15) is 30.4 Å². The molecule has 58 heavy (non-hydrogen) atoms. The first kappa shape index (κ1) is 39.2. The van der Waals surface area contributed by atoms with Gasteiger partial charge in [-0.1, -0.05) is 74.5 Å². The predicted octanol–water partition coefficient (Wildman–Crippen LogP) is 10.3.